The fourth-order valence-electron chi connectivity index (χ4n) is 2.62. The molecule has 6 nitrogen and oxygen atoms in total. The largest absolute Gasteiger partial charge is 0.481 e. The van der Waals surface area contributed by atoms with Gasteiger partial charge in [-0.05, 0) is 11.4 Å². The summed E-state index contributed by atoms with van der Waals surface area (Å²) in [6.45, 7) is 3.65. The molecule has 0 spiro atoms. The Balaban J connectivity index is 1.94. The number of piperazine rings is 1. The molecule has 1 N–H and O–H groups in total. The molecule has 0 saturated carbocycles. The van der Waals surface area contributed by atoms with Crippen LogP contribution in [0, 0.1) is 0 Å². The van der Waals surface area contributed by atoms with E-state index in [4.69, 9.17) is 5.11 Å². The monoisotopic (exact) mass is 324 g/mol. The minimum Gasteiger partial charge on any atom is -0.481 e. The van der Waals surface area contributed by atoms with E-state index in [2.05, 4.69) is 0 Å². The molecule has 2 heterocycles. The van der Waals surface area contributed by atoms with Gasteiger partial charge in [0, 0.05) is 50.3 Å². The predicted octanol–water partition coefficient (Wildman–Crippen LogP) is 1.39. The van der Waals surface area contributed by atoms with E-state index in [1.807, 2.05) is 17.5 Å². The molecule has 1 unspecified atom stereocenters. The first-order chi connectivity index (χ1) is 10.5. The zero-order valence-corrected chi connectivity index (χ0v) is 13.3. The Bertz CT molecular complexity index is 536. The van der Waals surface area contributed by atoms with E-state index >= 15 is 0 Å². The van der Waals surface area contributed by atoms with Crippen LogP contribution in [-0.2, 0) is 14.4 Å². The van der Waals surface area contributed by atoms with Gasteiger partial charge in [0.2, 0.25) is 11.8 Å². The number of carbonyl (C=O) groups excluding carboxylic acids is 2. The maximum absolute atomic E-state index is 12.4. The predicted molar refractivity (Wildman–Crippen MR) is 82.8 cm³/mol. The second kappa shape index (κ2) is 7.40. The molecule has 1 aromatic rings. The number of hydrogen-bond acceptors (Lipinski definition) is 4. The molecule has 1 aliphatic heterocycles. The fourth-order valence-corrected chi connectivity index (χ4v) is 3.45. The minimum atomic E-state index is -0.896. The highest BCUT2D eigenvalue weighted by Gasteiger charge is 2.26. The van der Waals surface area contributed by atoms with E-state index in [1.54, 1.807) is 9.80 Å². The van der Waals surface area contributed by atoms with Gasteiger partial charge in [-0.1, -0.05) is 6.07 Å². The van der Waals surface area contributed by atoms with Crippen LogP contribution in [0.1, 0.15) is 30.6 Å². The van der Waals surface area contributed by atoms with Crippen molar-refractivity contribution in [1.29, 1.82) is 0 Å². The SMILES string of the molecule is CC(=O)N1CCN(C(=O)CC(CC(=O)O)c2cccs2)CC1. The van der Waals surface area contributed by atoms with E-state index in [0.717, 1.165) is 4.88 Å². The molecule has 2 amide bonds. The normalized spacial score (nSPS) is 16.4. The maximum Gasteiger partial charge on any atom is 0.304 e. The summed E-state index contributed by atoms with van der Waals surface area (Å²) in [6.07, 6.45) is 0.159. The summed E-state index contributed by atoms with van der Waals surface area (Å²) < 4.78 is 0. The minimum absolute atomic E-state index is 0.0226. The standard InChI is InChI=1S/C15H20N2O4S/c1-11(18)16-4-6-17(7-5-16)14(19)9-12(10-15(20)21)13-3-2-8-22-13/h2-3,8,12H,4-7,9-10H2,1H3,(H,20,21). The van der Waals surface area contributed by atoms with Crippen molar-refractivity contribution >= 4 is 29.1 Å². The highest BCUT2D eigenvalue weighted by Crippen LogP contribution is 2.28. The van der Waals surface area contributed by atoms with Crippen molar-refractivity contribution in [3.63, 3.8) is 0 Å². The smallest absolute Gasteiger partial charge is 0.304 e. The molecular formula is C15H20N2O4S. The molecule has 1 aromatic heterocycles. The lowest BCUT2D eigenvalue weighted by Crippen LogP contribution is -2.50. The number of aliphatic carboxylic acids is 1. The lowest BCUT2D eigenvalue weighted by atomic mass is 9.98. The van der Waals surface area contributed by atoms with Gasteiger partial charge < -0.3 is 14.9 Å². The van der Waals surface area contributed by atoms with Crippen LogP contribution in [0.15, 0.2) is 17.5 Å². The molecule has 0 aliphatic carbocycles. The molecule has 1 aliphatic rings. The molecule has 0 bridgehead atoms. The molecule has 1 atom stereocenters. The van der Waals surface area contributed by atoms with Gasteiger partial charge in [-0.15, -0.1) is 11.3 Å². The highest BCUT2D eigenvalue weighted by atomic mass is 32.1. The third-order valence-corrected chi connectivity index (χ3v) is 4.90. The Hall–Kier alpha value is -1.89. The Morgan fingerprint density at radius 3 is 2.32 bits per heavy atom. The summed E-state index contributed by atoms with van der Waals surface area (Å²) in [7, 11) is 0. The number of hydrogen-bond donors (Lipinski definition) is 1. The number of rotatable bonds is 5. The molecule has 0 aromatic carbocycles. The zero-order chi connectivity index (χ0) is 16.1. The number of carboxylic acid groups (broad SMARTS) is 1. The van der Waals surface area contributed by atoms with Crippen molar-refractivity contribution < 1.29 is 19.5 Å². The summed E-state index contributed by atoms with van der Waals surface area (Å²) >= 11 is 1.48. The molecule has 1 fully saturated rings. The summed E-state index contributed by atoms with van der Waals surface area (Å²) in [4.78, 5) is 39.1. The molecule has 2 rings (SSSR count). The summed E-state index contributed by atoms with van der Waals surface area (Å²) in [6, 6.07) is 3.74. The van der Waals surface area contributed by atoms with Crippen molar-refractivity contribution in [1.82, 2.24) is 9.80 Å². The van der Waals surface area contributed by atoms with Crippen LogP contribution >= 0.6 is 11.3 Å². The van der Waals surface area contributed by atoms with Crippen LogP contribution in [-0.4, -0.2) is 58.9 Å². The van der Waals surface area contributed by atoms with Crippen LogP contribution in [0.5, 0.6) is 0 Å². The first-order valence-corrected chi connectivity index (χ1v) is 8.14. The maximum atomic E-state index is 12.4. The van der Waals surface area contributed by atoms with Crippen molar-refractivity contribution in [3.8, 4) is 0 Å². The van der Waals surface area contributed by atoms with Crippen LogP contribution in [0.25, 0.3) is 0 Å². The average Bonchev–Trinajstić information content (AvgIpc) is 3.00. The van der Waals surface area contributed by atoms with Gasteiger partial charge in [-0.25, -0.2) is 0 Å². The average molecular weight is 324 g/mol. The van der Waals surface area contributed by atoms with Gasteiger partial charge in [0.1, 0.15) is 0 Å². The zero-order valence-electron chi connectivity index (χ0n) is 12.5. The topological polar surface area (TPSA) is 77.9 Å². The molecule has 120 valence electrons. The summed E-state index contributed by atoms with van der Waals surface area (Å²) in [5.41, 5.74) is 0. The second-order valence-electron chi connectivity index (χ2n) is 5.40. The second-order valence-corrected chi connectivity index (χ2v) is 6.38. The van der Waals surface area contributed by atoms with Crippen molar-refractivity contribution in [2.24, 2.45) is 0 Å². The highest BCUT2D eigenvalue weighted by molar-refractivity contribution is 7.10. The van der Waals surface area contributed by atoms with Gasteiger partial charge in [0.15, 0.2) is 0 Å². The van der Waals surface area contributed by atoms with Gasteiger partial charge in [0.25, 0.3) is 0 Å². The number of amides is 2. The molecule has 22 heavy (non-hydrogen) atoms. The van der Waals surface area contributed by atoms with Crippen molar-refractivity contribution in [2.75, 3.05) is 26.2 Å². The van der Waals surface area contributed by atoms with E-state index in [0.29, 0.717) is 26.2 Å². The lowest BCUT2D eigenvalue weighted by molar-refractivity contribution is -0.140. The van der Waals surface area contributed by atoms with Crippen LogP contribution < -0.4 is 0 Å². The lowest BCUT2D eigenvalue weighted by Gasteiger charge is -2.34. The van der Waals surface area contributed by atoms with Crippen LogP contribution in [0.4, 0.5) is 0 Å². The quantitative estimate of drug-likeness (QED) is 0.888. The number of carbonyl (C=O) groups is 3. The van der Waals surface area contributed by atoms with Gasteiger partial charge >= 0.3 is 5.97 Å². The molecule has 0 radical (unpaired) electrons. The fraction of sp³-hybridized carbons (Fsp3) is 0.533. The van der Waals surface area contributed by atoms with E-state index in [1.165, 1.54) is 18.3 Å². The van der Waals surface area contributed by atoms with E-state index in [9.17, 15) is 14.4 Å². The summed E-state index contributed by atoms with van der Waals surface area (Å²) in [5.74, 6) is -1.19. The Morgan fingerprint density at radius 2 is 1.82 bits per heavy atom. The number of nitrogens with zero attached hydrogens (tertiary/aromatic N) is 2. The van der Waals surface area contributed by atoms with Gasteiger partial charge in [-0.3, -0.25) is 14.4 Å². The summed E-state index contributed by atoms with van der Waals surface area (Å²) in [5, 5.41) is 10.9. The molecule has 1 saturated heterocycles. The Morgan fingerprint density at radius 1 is 1.18 bits per heavy atom. The number of thiophene rings is 1. The van der Waals surface area contributed by atoms with Crippen molar-refractivity contribution in [2.45, 2.75) is 25.7 Å². The molecular weight excluding hydrogens is 304 g/mol. The Labute approximate surface area is 133 Å². The molecule has 7 heteroatoms. The number of carboxylic acids is 1. The van der Waals surface area contributed by atoms with Gasteiger partial charge in [-0.2, -0.15) is 0 Å². The first kappa shape index (κ1) is 16.5. The van der Waals surface area contributed by atoms with Crippen LogP contribution in [0.2, 0.25) is 0 Å². The third kappa shape index (κ3) is 4.30. The van der Waals surface area contributed by atoms with E-state index in [-0.39, 0.29) is 30.6 Å². The van der Waals surface area contributed by atoms with E-state index < -0.39 is 5.97 Å². The van der Waals surface area contributed by atoms with Crippen LogP contribution in [0.3, 0.4) is 0 Å². The third-order valence-electron chi connectivity index (χ3n) is 3.87. The van der Waals surface area contributed by atoms with Gasteiger partial charge in [0.05, 0.1) is 6.42 Å². The first-order valence-electron chi connectivity index (χ1n) is 7.26. The Kier molecular flexibility index (Phi) is 5.54. The van der Waals surface area contributed by atoms with Crippen molar-refractivity contribution in [3.05, 3.63) is 22.4 Å².